The SMILES string of the molecule is CC(C)CCOc1ccc(C(=O)NN=Cc2c[nH]c3ccccc23)cc1. The lowest BCUT2D eigenvalue weighted by atomic mass is 10.1. The van der Waals surface area contributed by atoms with Crippen molar-refractivity contribution in [3.8, 4) is 5.75 Å². The first kappa shape index (κ1) is 17.7. The van der Waals surface area contributed by atoms with Gasteiger partial charge in [-0.25, -0.2) is 5.43 Å². The first-order chi connectivity index (χ1) is 12.6. The third-order valence-electron chi connectivity index (χ3n) is 4.07. The van der Waals surface area contributed by atoms with Crippen LogP contribution in [0.4, 0.5) is 0 Å². The summed E-state index contributed by atoms with van der Waals surface area (Å²) in [5.41, 5.74) is 5.06. The molecule has 0 aliphatic rings. The average molecular weight is 349 g/mol. The molecule has 134 valence electrons. The summed E-state index contributed by atoms with van der Waals surface area (Å²) in [5.74, 6) is 1.12. The molecule has 5 heteroatoms. The number of carbonyl (C=O) groups is 1. The van der Waals surface area contributed by atoms with Crippen LogP contribution in [0.1, 0.15) is 36.2 Å². The molecular formula is C21H23N3O2. The highest BCUT2D eigenvalue weighted by Crippen LogP contribution is 2.16. The van der Waals surface area contributed by atoms with E-state index in [1.807, 2.05) is 30.5 Å². The molecule has 0 fully saturated rings. The largest absolute Gasteiger partial charge is 0.494 e. The fourth-order valence-corrected chi connectivity index (χ4v) is 2.54. The first-order valence-corrected chi connectivity index (χ1v) is 8.76. The third kappa shape index (κ3) is 4.51. The Morgan fingerprint density at radius 3 is 2.73 bits per heavy atom. The first-order valence-electron chi connectivity index (χ1n) is 8.76. The molecule has 0 atom stereocenters. The molecule has 1 amide bonds. The van der Waals surface area contributed by atoms with E-state index in [9.17, 15) is 4.79 Å². The van der Waals surface area contributed by atoms with Crippen LogP contribution < -0.4 is 10.2 Å². The number of hydrazone groups is 1. The summed E-state index contributed by atoms with van der Waals surface area (Å²) in [4.78, 5) is 15.3. The monoisotopic (exact) mass is 349 g/mol. The van der Waals surface area contributed by atoms with E-state index >= 15 is 0 Å². The maximum atomic E-state index is 12.2. The number of H-pyrrole nitrogens is 1. The molecule has 0 aliphatic heterocycles. The Labute approximate surface area is 153 Å². The zero-order valence-electron chi connectivity index (χ0n) is 15.0. The Hall–Kier alpha value is -3.08. The van der Waals surface area contributed by atoms with Gasteiger partial charge in [0.05, 0.1) is 12.8 Å². The summed E-state index contributed by atoms with van der Waals surface area (Å²) in [7, 11) is 0. The number of ether oxygens (including phenoxy) is 1. The van der Waals surface area contributed by atoms with Crippen LogP contribution in [0.5, 0.6) is 5.75 Å². The van der Waals surface area contributed by atoms with Gasteiger partial charge in [0.15, 0.2) is 0 Å². The van der Waals surface area contributed by atoms with Crippen LogP contribution in [0.25, 0.3) is 10.9 Å². The maximum absolute atomic E-state index is 12.2. The Morgan fingerprint density at radius 2 is 1.96 bits per heavy atom. The second kappa shape index (κ2) is 8.34. The number of benzene rings is 2. The number of hydrogen-bond donors (Lipinski definition) is 2. The van der Waals surface area contributed by atoms with E-state index in [4.69, 9.17) is 4.74 Å². The molecule has 0 saturated heterocycles. The van der Waals surface area contributed by atoms with Gasteiger partial charge in [-0.2, -0.15) is 5.10 Å². The van der Waals surface area contributed by atoms with E-state index in [0.29, 0.717) is 18.1 Å². The number of rotatable bonds is 7. The lowest BCUT2D eigenvalue weighted by Crippen LogP contribution is -2.17. The predicted octanol–water partition coefficient (Wildman–Crippen LogP) is 4.36. The lowest BCUT2D eigenvalue weighted by molar-refractivity contribution is 0.0955. The summed E-state index contributed by atoms with van der Waals surface area (Å²) >= 11 is 0. The highest BCUT2D eigenvalue weighted by molar-refractivity contribution is 6.00. The minimum atomic E-state index is -0.255. The predicted molar refractivity (Wildman–Crippen MR) is 105 cm³/mol. The van der Waals surface area contributed by atoms with E-state index in [-0.39, 0.29) is 5.91 Å². The van der Waals surface area contributed by atoms with Crippen LogP contribution in [0.15, 0.2) is 59.8 Å². The molecule has 0 unspecified atom stereocenters. The summed E-state index contributed by atoms with van der Waals surface area (Å²) in [6.07, 6.45) is 4.51. The molecule has 0 aliphatic carbocycles. The second-order valence-corrected chi connectivity index (χ2v) is 6.54. The van der Waals surface area contributed by atoms with Gasteiger partial charge in [0, 0.05) is 28.2 Å². The van der Waals surface area contributed by atoms with Gasteiger partial charge in [0.2, 0.25) is 0 Å². The summed E-state index contributed by atoms with van der Waals surface area (Å²) in [6, 6.07) is 15.0. The highest BCUT2D eigenvalue weighted by atomic mass is 16.5. The highest BCUT2D eigenvalue weighted by Gasteiger charge is 2.05. The van der Waals surface area contributed by atoms with Crippen LogP contribution in [-0.4, -0.2) is 23.7 Å². The van der Waals surface area contributed by atoms with Crippen molar-refractivity contribution in [2.24, 2.45) is 11.0 Å². The van der Waals surface area contributed by atoms with Crippen molar-refractivity contribution in [3.63, 3.8) is 0 Å². The van der Waals surface area contributed by atoms with Crippen LogP contribution >= 0.6 is 0 Å². The Morgan fingerprint density at radius 1 is 1.19 bits per heavy atom. The summed E-state index contributed by atoms with van der Waals surface area (Å²) < 4.78 is 5.66. The second-order valence-electron chi connectivity index (χ2n) is 6.54. The van der Waals surface area contributed by atoms with Crippen LogP contribution in [0.3, 0.4) is 0 Å². The van der Waals surface area contributed by atoms with Crippen LogP contribution in [0.2, 0.25) is 0 Å². The molecule has 0 radical (unpaired) electrons. The Balaban J connectivity index is 1.56. The molecule has 2 aromatic carbocycles. The van der Waals surface area contributed by atoms with Crippen LogP contribution in [-0.2, 0) is 0 Å². The normalized spacial score (nSPS) is 11.3. The van der Waals surface area contributed by atoms with Crippen molar-refractivity contribution >= 4 is 23.0 Å². The fraction of sp³-hybridized carbons (Fsp3) is 0.238. The number of aromatic amines is 1. The number of para-hydroxylation sites is 1. The van der Waals surface area contributed by atoms with Gasteiger partial charge in [0.25, 0.3) is 5.91 Å². The standard InChI is InChI=1S/C21H23N3O2/c1-15(2)11-12-26-18-9-7-16(8-10-18)21(25)24-23-14-17-13-22-20-6-4-3-5-19(17)20/h3-10,13-15,22H,11-12H2,1-2H3,(H,24,25). The van der Waals surface area contributed by atoms with Crippen LogP contribution in [0, 0.1) is 5.92 Å². The van der Waals surface area contributed by atoms with Crippen molar-refractivity contribution in [2.45, 2.75) is 20.3 Å². The minimum Gasteiger partial charge on any atom is -0.494 e. The third-order valence-corrected chi connectivity index (χ3v) is 4.07. The molecule has 0 spiro atoms. The van der Waals surface area contributed by atoms with Crippen molar-refractivity contribution in [1.82, 2.24) is 10.4 Å². The zero-order valence-corrected chi connectivity index (χ0v) is 15.0. The number of nitrogens with one attached hydrogen (secondary N) is 2. The number of carbonyl (C=O) groups excluding carboxylic acids is 1. The number of fused-ring (bicyclic) bond motifs is 1. The van der Waals surface area contributed by atoms with E-state index in [1.165, 1.54) is 0 Å². The van der Waals surface area contributed by atoms with E-state index in [1.54, 1.807) is 30.5 Å². The molecule has 2 N–H and O–H groups in total. The summed E-state index contributed by atoms with van der Waals surface area (Å²) in [5, 5.41) is 5.12. The smallest absolute Gasteiger partial charge is 0.271 e. The van der Waals surface area contributed by atoms with Gasteiger partial charge < -0.3 is 9.72 Å². The van der Waals surface area contributed by atoms with E-state index in [2.05, 4.69) is 29.4 Å². The molecule has 5 nitrogen and oxygen atoms in total. The topological polar surface area (TPSA) is 66.5 Å². The van der Waals surface area contributed by atoms with Gasteiger partial charge in [-0.15, -0.1) is 0 Å². The van der Waals surface area contributed by atoms with Gasteiger partial charge in [-0.1, -0.05) is 32.0 Å². The fourth-order valence-electron chi connectivity index (χ4n) is 2.54. The van der Waals surface area contributed by atoms with Gasteiger partial charge in [0.1, 0.15) is 5.75 Å². The van der Waals surface area contributed by atoms with Crippen molar-refractivity contribution < 1.29 is 9.53 Å². The van der Waals surface area contributed by atoms with Crippen molar-refractivity contribution in [2.75, 3.05) is 6.61 Å². The van der Waals surface area contributed by atoms with E-state index in [0.717, 1.165) is 28.6 Å². The summed E-state index contributed by atoms with van der Waals surface area (Å²) in [6.45, 7) is 5.00. The Bertz CT molecular complexity index is 895. The quantitative estimate of drug-likeness (QED) is 0.492. The van der Waals surface area contributed by atoms with Gasteiger partial charge in [-0.3, -0.25) is 4.79 Å². The number of amides is 1. The molecule has 3 aromatic rings. The molecule has 0 saturated carbocycles. The number of aromatic nitrogens is 1. The molecule has 0 bridgehead atoms. The minimum absolute atomic E-state index is 0.255. The number of hydrogen-bond acceptors (Lipinski definition) is 3. The molecule has 1 aromatic heterocycles. The molecule has 3 rings (SSSR count). The number of nitrogens with zero attached hydrogens (tertiary/aromatic N) is 1. The Kier molecular flexibility index (Phi) is 5.69. The van der Waals surface area contributed by atoms with E-state index < -0.39 is 0 Å². The molecule has 1 heterocycles. The van der Waals surface area contributed by atoms with Crippen molar-refractivity contribution in [3.05, 3.63) is 65.9 Å². The lowest BCUT2D eigenvalue weighted by Gasteiger charge is -2.08. The maximum Gasteiger partial charge on any atom is 0.271 e. The molecule has 26 heavy (non-hydrogen) atoms. The average Bonchev–Trinajstić information content (AvgIpc) is 3.05. The van der Waals surface area contributed by atoms with Crippen molar-refractivity contribution in [1.29, 1.82) is 0 Å². The molecular weight excluding hydrogens is 326 g/mol. The zero-order chi connectivity index (χ0) is 18.4. The van der Waals surface area contributed by atoms with Gasteiger partial charge >= 0.3 is 0 Å². The van der Waals surface area contributed by atoms with Gasteiger partial charge in [-0.05, 0) is 42.7 Å².